The highest BCUT2D eigenvalue weighted by Gasteiger charge is 2.32. The molecule has 31 heavy (non-hydrogen) atoms. The SMILES string of the molecule is COc1ccc(-c2ccc(F)c3c2C(=O)N(CCc2ccc4ccccc4n2)C3)cc1. The number of carbonyl (C=O) groups excluding carboxylic acids is 1. The Hall–Kier alpha value is -3.73. The molecule has 1 aliphatic rings. The minimum absolute atomic E-state index is 0.138. The van der Waals surface area contributed by atoms with Crippen LogP contribution in [-0.4, -0.2) is 29.4 Å². The van der Waals surface area contributed by atoms with Gasteiger partial charge >= 0.3 is 0 Å². The summed E-state index contributed by atoms with van der Waals surface area (Å²) in [7, 11) is 1.61. The van der Waals surface area contributed by atoms with E-state index in [9.17, 15) is 9.18 Å². The number of pyridine rings is 1. The molecule has 0 radical (unpaired) electrons. The van der Waals surface area contributed by atoms with Gasteiger partial charge in [-0.05, 0) is 41.5 Å². The lowest BCUT2D eigenvalue weighted by Gasteiger charge is -2.15. The monoisotopic (exact) mass is 412 g/mol. The fraction of sp³-hybridized carbons (Fsp3) is 0.154. The minimum atomic E-state index is -0.341. The van der Waals surface area contributed by atoms with Crippen LogP contribution in [-0.2, 0) is 13.0 Å². The number of aromatic nitrogens is 1. The van der Waals surface area contributed by atoms with E-state index in [2.05, 4.69) is 4.98 Å². The number of para-hydroxylation sites is 1. The molecule has 0 N–H and O–H groups in total. The molecular weight excluding hydrogens is 391 g/mol. The van der Waals surface area contributed by atoms with Crippen LogP contribution < -0.4 is 4.74 Å². The van der Waals surface area contributed by atoms with E-state index in [0.29, 0.717) is 24.1 Å². The number of hydrogen-bond acceptors (Lipinski definition) is 3. The molecule has 1 amide bonds. The van der Waals surface area contributed by atoms with Crippen LogP contribution in [0.4, 0.5) is 4.39 Å². The first-order chi connectivity index (χ1) is 15.1. The Balaban J connectivity index is 1.40. The molecule has 4 aromatic rings. The Kier molecular flexibility index (Phi) is 4.86. The van der Waals surface area contributed by atoms with Crippen LogP contribution in [0.15, 0.2) is 72.8 Å². The fourth-order valence-corrected chi connectivity index (χ4v) is 4.13. The highest BCUT2D eigenvalue weighted by Crippen LogP contribution is 2.35. The van der Waals surface area contributed by atoms with Gasteiger partial charge in [-0.3, -0.25) is 9.78 Å². The summed E-state index contributed by atoms with van der Waals surface area (Å²) in [5, 5.41) is 1.09. The van der Waals surface area contributed by atoms with E-state index < -0.39 is 0 Å². The summed E-state index contributed by atoms with van der Waals surface area (Å²) in [6, 6.07) is 22.6. The normalized spacial score (nSPS) is 13.0. The van der Waals surface area contributed by atoms with Gasteiger partial charge in [-0.2, -0.15) is 0 Å². The number of fused-ring (bicyclic) bond motifs is 2. The van der Waals surface area contributed by atoms with Crippen molar-refractivity contribution >= 4 is 16.8 Å². The van der Waals surface area contributed by atoms with E-state index in [0.717, 1.165) is 33.5 Å². The maximum Gasteiger partial charge on any atom is 0.255 e. The summed E-state index contributed by atoms with van der Waals surface area (Å²) < 4.78 is 19.8. The van der Waals surface area contributed by atoms with E-state index in [1.54, 1.807) is 18.1 Å². The second kappa shape index (κ2) is 7.84. The van der Waals surface area contributed by atoms with E-state index in [-0.39, 0.29) is 18.3 Å². The standard InChI is InChI=1S/C26H21FN2O2/c1-31-20-10-7-17(8-11-20)21-12-13-23(27)22-16-29(26(30)25(21)22)15-14-19-9-6-18-4-2-3-5-24(18)28-19/h2-13H,14-16H2,1H3. The van der Waals surface area contributed by atoms with Gasteiger partial charge in [0.2, 0.25) is 0 Å². The number of halogens is 1. The number of methoxy groups -OCH3 is 1. The van der Waals surface area contributed by atoms with E-state index in [4.69, 9.17) is 4.74 Å². The molecule has 0 spiro atoms. The van der Waals surface area contributed by atoms with Crippen LogP contribution >= 0.6 is 0 Å². The lowest BCUT2D eigenvalue weighted by atomic mass is 9.96. The largest absolute Gasteiger partial charge is 0.497 e. The van der Waals surface area contributed by atoms with Crippen molar-refractivity contribution in [2.24, 2.45) is 0 Å². The summed E-state index contributed by atoms with van der Waals surface area (Å²) >= 11 is 0. The van der Waals surface area contributed by atoms with E-state index in [1.807, 2.05) is 60.7 Å². The van der Waals surface area contributed by atoms with Crippen molar-refractivity contribution in [3.05, 3.63) is 95.4 Å². The fourth-order valence-electron chi connectivity index (χ4n) is 4.13. The van der Waals surface area contributed by atoms with Crippen LogP contribution in [0.1, 0.15) is 21.6 Å². The molecule has 1 aromatic heterocycles. The highest BCUT2D eigenvalue weighted by molar-refractivity contribution is 6.04. The van der Waals surface area contributed by atoms with Crippen LogP contribution in [0.2, 0.25) is 0 Å². The predicted molar refractivity (Wildman–Crippen MR) is 119 cm³/mol. The lowest BCUT2D eigenvalue weighted by Crippen LogP contribution is -2.26. The molecule has 0 saturated heterocycles. The molecule has 4 nitrogen and oxygen atoms in total. The second-order valence-corrected chi connectivity index (χ2v) is 7.65. The Morgan fingerprint density at radius 2 is 1.81 bits per heavy atom. The number of carbonyl (C=O) groups is 1. The topological polar surface area (TPSA) is 42.4 Å². The number of rotatable bonds is 5. The zero-order valence-corrected chi connectivity index (χ0v) is 17.1. The van der Waals surface area contributed by atoms with Crippen molar-refractivity contribution in [2.45, 2.75) is 13.0 Å². The average Bonchev–Trinajstić information content (AvgIpc) is 3.15. The Morgan fingerprint density at radius 3 is 2.61 bits per heavy atom. The smallest absolute Gasteiger partial charge is 0.255 e. The zero-order valence-electron chi connectivity index (χ0n) is 17.1. The van der Waals surface area contributed by atoms with Gasteiger partial charge in [-0.1, -0.05) is 42.5 Å². The Labute approximate surface area is 179 Å². The van der Waals surface area contributed by atoms with Crippen molar-refractivity contribution in [1.82, 2.24) is 9.88 Å². The molecule has 2 heterocycles. The molecule has 0 atom stereocenters. The molecule has 0 aliphatic carbocycles. The molecule has 154 valence electrons. The number of benzene rings is 3. The highest BCUT2D eigenvalue weighted by atomic mass is 19.1. The number of nitrogens with zero attached hydrogens (tertiary/aromatic N) is 2. The van der Waals surface area contributed by atoms with Gasteiger partial charge in [0.15, 0.2) is 0 Å². The average molecular weight is 412 g/mol. The molecule has 0 saturated carbocycles. The Bertz CT molecular complexity index is 1280. The number of amides is 1. The molecule has 3 aromatic carbocycles. The van der Waals surface area contributed by atoms with Crippen molar-refractivity contribution in [3.8, 4) is 16.9 Å². The first-order valence-corrected chi connectivity index (χ1v) is 10.2. The Morgan fingerprint density at radius 1 is 1.00 bits per heavy atom. The molecule has 1 aliphatic heterocycles. The summed E-state index contributed by atoms with van der Waals surface area (Å²) in [6.07, 6.45) is 0.615. The van der Waals surface area contributed by atoms with Crippen molar-refractivity contribution in [1.29, 1.82) is 0 Å². The van der Waals surface area contributed by atoms with Gasteiger partial charge in [0, 0.05) is 36.2 Å². The van der Waals surface area contributed by atoms with Gasteiger partial charge in [-0.25, -0.2) is 4.39 Å². The second-order valence-electron chi connectivity index (χ2n) is 7.65. The van der Waals surface area contributed by atoms with Gasteiger partial charge in [0.25, 0.3) is 5.91 Å². The third-order valence-corrected chi connectivity index (χ3v) is 5.80. The van der Waals surface area contributed by atoms with Gasteiger partial charge in [0.1, 0.15) is 11.6 Å². The summed E-state index contributed by atoms with van der Waals surface area (Å²) in [6.45, 7) is 0.762. The first kappa shape index (κ1) is 19.2. The van der Waals surface area contributed by atoms with Crippen LogP contribution in [0.3, 0.4) is 0 Å². The molecule has 5 rings (SSSR count). The van der Waals surface area contributed by atoms with Crippen LogP contribution in [0.25, 0.3) is 22.0 Å². The van der Waals surface area contributed by atoms with Crippen LogP contribution in [0, 0.1) is 5.82 Å². The van der Waals surface area contributed by atoms with Crippen molar-refractivity contribution < 1.29 is 13.9 Å². The van der Waals surface area contributed by atoms with Gasteiger partial charge in [-0.15, -0.1) is 0 Å². The van der Waals surface area contributed by atoms with E-state index in [1.165, 1.54) is 6.07 Å². The predicted octanol–water partition coefficient (Wildman–Crippen LogP) is 5.25. The number of hydrogen-bond donors (Lipinski definition) is 0. The molecule has 0 fully saturated rings. The summed E-state index contributed by atoms with van der Waals surface area (Å²) in [5.41, 5.74) is 4.38. The number of ether oxygens (including phenoxy) is 1. The lowest BCUT2D eigenvalue weighted by molar-refractivity contribution is 0.0780. The van der Waals surface area contributed by atoms with Crippen molar-refractivity contribution in [3.63, 3.8) is 0 Å². The van der Waals surface area contributed by atoms with Gasteiger partial charge in [0.05, 0.1) is 18.2 Å². The maximum absolute atomic E-state index is 14.6. The maximum atomic E-state index is 14.6. The summed E-state index contributed by atoms with van der Waals surface area (Å²) in [4.78, 5) is 19.6. The zero-order chi connectivity index (χ0) is 21.4. The third-order valence-electron chi connectivity index (χ3n) is 5.80. The summed E-state index contributed by atoms with van der Waals surface area (Å²) in [5.74, 6) is 0.256. The first-order valence-electron chi connectivity index (χ1n) is 10.2. The van der Waals surface area contributed by atoms with Crippen molar-refractivity contribution in [2.75, 3.05) is 13.7 Å². The molecule has 5 heteroatoms. The molecule has 0 bridgehead atoms. The molecular formula is C26H21FN2O2. The minimum Gasteiger partial charge on any atom is -0.497 e. The third kappa shape index (κ3) is 3.52. The van der Waals surface area contributed by atoms with Crippen LogP contribution in [0.5, 0.6) is 5.75 Å². The van der Waals surface area contributed by atoms with E-state index >= 15 is 0 Å². The quantitative estimate of drug-likeness (QED) is 0.450. The molecule has 0 unspecified atom stereocenters. The van der Waals surface area contributed by atoms with Gasteiger partial charge < -0.3 is 9.64 Å².